The maximum Gasteiger partial charge on any atom is 0.0495 e. The van der Waals surface area contributed by atoms with Crippen molar-refractivity contribution in [2.45, 2.75) is 13.3 Å². The Morgan fingerprint density at radius 2 is 2.00 bits per heavy atom. The molecule has 0 aliphatic carbocycles. The molecule has 1 aliphatic rings. The summed E-state index contributed by atoms with van der Waals surface area (Å²) < 4.78 is 2.19. The summed E-state index contributed by atoms with van der Waals surface area (Å²) in [6.45, 7) is 7.77. The second-order valence-corrected chi connectivity index (χ2v) is 6.13. The quantitative estimate of drug-likeness (QED) is 0.938. The number of aryl methyl sites for hydroxylation is 2. The third-order valence-electron chi connectivity index (χ3n) is 4.26. The molecule has 2 aromatic rings. The van der Waals surface area contributed by atoms with Crippen molar-refractivity contribution in [3.05, 3.63) is 34.5 Å². The maximum atomic E-state index is 6.24. The molecule has 1 aliphatic heterocycles. The van der Waals surface area contributed by atoms with Crippen LogP contribution < -0.4 is 5.32 Å². The van der Waals surface area contributed by atoms with Crippen LogP contribution in [-0.2, 0) is 13.5 Å². The zero-order valence-corrected chi connectivity index (χ0v) is 13.0. The van der Waals surface area contributed by atoms with Gasteiger partial charge in [-0.05, 0) is 36.6 Å². The third kappa shape index (κ3) is 2.71. The zero-order chi connectivity index (χ0) is 14.1. The van der Waals surface area contributed by atoms with Crippen molar-refractivity contribution in [2.75, 3.05) is 32.7 Å². The molecule has 0 spiro atoms. The highest BCUT2D eigenvalue weighted by atomic mass is 35.5. The van der Waals surface area contributed by atoms with Crippen LogP contribution in [0.5, 0.6) is 0 Å². The first-order valence-electron chi connectivity index (χ1n) is 7.32. The maximum absolute atomic E-state index is 6.24. The fourth-order valence-corrected chi connectivity index (χ4v) is 3.16. The minimum atomic E-state index is 0.854. The second kappa shape index (κ2) is 5.76. The zero-order valence-electron chi connectivity index (χ0n) is 12.2. The van der Waals surface area contributed by atoms with Gasteiger partial charge in [-0.1, -0.05) is 11.6 Å². The van der Waals surface area contributed by atoms with E-state index in [2.05, 4.69) is 47.1 Å². The van der Waals surface area contributed by atoms with Crippen LogP contribution in [-0.4, -0.2) is 42.2 Å². The molecule has 1 aromatic carbocycles. The van der Waals surface area contributed by atoms with Gasteiger partial charge in [0.1, 0.15) is 0 Å². The number of hydrogen-bond acceptors (Lipinski definition) is 2. The largest absolute Gasteiger partial charge is 0.350 e. The molecule has 20 heavy (non-hydrogen) atoms. The molecule has 4 heteroatoms. The molecule has 1 fully saturated rings. The van der Waals surface area contributed by atoms with E-state index in [0.717, 1.165) is 49.7 Å². The van der Waals surface area contributed by atoms with Gasteiger partial charge in [0.15, 0.2) is 0 Å². The van der Waals surface area contributed by atoms with E-state index in [4.69, 9.17) is 11.6 Å². The van der Waals surface area contributed by atoms with E-state index in [9.17, 15) is 0 Å². The number of nitrogens with zero attached hydrogens (tertiary/aromatic N) is 2. The lowest BCUT2D eigenvalue weighted by atomic mass is 10.1. The standard InChI is InChI=1S/C16H22ClN3/c1-12-9-14-13(3-6-20-7-4-18-5-8-20)11-19(2)16(14)10-15(12)17/h9-11,18H,3-8H2,1-2H3. The highest BCUT2D eigenvalue weighted by Gasteiger charge is 2.12. The minimum Gasteiger partial charge on any atom is -0.350 e. The van der Waals surface area contributed by atoms with Crippen molar-refractivity contribution in [2.24, 2.45) is 7.05 Å². The number of halogens is 1. The Morgan fingerprint density at radius 3 is 2.75 bits per heavy atom. The van der Waals surface area contributed by atoms with Crippen molar-refractivity contribution in [1.29, 1.82) is 0 Å². The molecule has 3 nitrogen and oxygen atoms in total. The normalized spacial score (nSPS) is 16.9. The fourth-order valence-electron chi connectivity index (χ4n) is 3.01. The van der Waals surface area contributed by atoms with Gasteiger partial charge in [-0.25, -0.2) is 0 Å². The van der Waals surface area contributed by atoms with Crippen LogP contribution in [0.25, 0.3) is 10.9 Å². The lowest BCUT2D eigenvalue weighted by Crippen LogP contribution is -2.44. The Labute approximate surface area is 125 Å². The summed E-state index contributed by atoms with van der Waals surface area (Å²) in [6.07, 6.45) is 3.36. The highest BCUT2D eigenvalue weighted by Crippen LogP contribution is 2.27. The van der Waals surface area contributed by atoms with E-state index < -0.39 is 0 Å². The first-order valence-corrected chi connectivity index (χ1v) is 7.70. The van der Waals surface area contributed by atoms with Crippen molar-refractivity contribution in [1.82, 2.24) is 14.8 Å². The number of rotatable bonds is 3. The summed E-state index contributed by atoms with van der Waals surface area (Å²) in [5, 5.41) is 5.61. The highest BCUT2D eigenvalue weighted by molar-refractivity contribution is 6.32. The van der Waals surface area contributed by atoms with Crippen LogP contribution in [0.3, 0.4) is 0 Å². The SMILES string of the molecule is Cc1cc2c(CCN3CCNCC3)cn(C)c2cc1Cl. The molecule has 1 saturated heterocycles. The Balaban J connectivity index is 1.82. The molecule has 0 bridgehead atoms. The van der Waals surface area contributed by atoms with Gasteiger partial charge in [-0.2, -0.15) is 0 Å². The van der Waals surface area contributed by atoms with Gasteiger partial charge in [0.05, 0.1) is 0 Å². The lowest BCUT2D eigenvalue weighted by Gasteiger charge is -2.26. The Hall–Kier alpha value is -1.03. The van der Waals surface area contributed by atoms with E-state index in [0.29, 0.717) is 0 Å². The Kier molecular flexibility index (Phi) is 4.01. The molecule has 0 saturated carbocycles. The molecule has 108 valence electrons. The molecule has 1 N–H and O–H groups in total. The van der Waals surface area contributed by atoms with Gasteiger partial charge in [-0.3, -0.25) is 0 Å². The number of benzene rings is 1. The number of piperazine rings is 1. The summed E-state index contributed by atoms with van der Waals surface area (Å²) in [4.78, 5) is 2.54. The minimum absolute atomic E-state index is 0.854. The van der Waals surface area contributed by atoms with Crippen molar-refractivity contribution in [3.8, 4) is 0 Å². The first kappa shape index (κ1) is 13.9. The second-order valence-electron chi connectivity index (χ2n) is 5.73. The van der Waals surface area contributed by atoms with Crippen LogP contribution in [0.15, 0.2) is 18.3 Å². The molecule has 0 atom stereocenters. The predicted octanol–water partition coefficient (Wildman–Crippen LogP) is 2.59. The van der Waals surface area contributed by atoms with Gasteiger partial charge >= 0.3 is 0 Å². The van der Waals surface area contributed by atoms with Crippen LogP contribution in [0.1, 0.15) is 11.1 Å². The van der Waals surface area contributed by atoms with E-state index in [1.54, 1.807) is 0 Å². The molecule has 0 radical (unpaired) electrons. The topological polar surface area (TPSA) is 20.2 Å². The van der Waals surface area contributed by atoms with Gasteiger partial charge in [-0.15, -0.1) is 0 Å². The van der Waals surface area contributed by atoms with Crippen molar-refractivity contribution in [3.63, 3.8) is 0 Å². The smallest absolute Gasteiger partial charge is 0.0495 e. The molecule has 3 rings (SSSR count). The van der Waals surface area contributed by atoms with Gasteiger partial charge in [0.25, 0.3) is 0 Å². The van der Waals surface area contributed by atoms with Crippen molar-refractivity contribution < 1.29 is 0 Å². The summed E-state index contributed by atoms with van der Waals surface area (Å²) in [6, 6.07) is 4.31. The van der Waals surface area contributed by atoms with E-state index in [-0.39, 0.29) is 0 Å². The fraction of sp³-hybridized carbons (Fsp3) is 0.500. The molecular formula is C16H22ClN3. The summed E-state index contributed by atoms with van der Waals surface area (Å²) in [5.74, 6) is 0. The number of hydrogen-bond donors (Lipinski definition) is 1. The number of fused-ring (bicyclic) bond motifs is 1. The van der Waals surface area contributed by atoms with Crippen LogP contribution in [0.2, 0.25) is 5.02 Å². The van der Waals surface area contributed by atoms with Crippen LogP contribution in [0.4, 0.5) is 0 Å². The number of nitrogens with one attached hydrogen (secondary N) is 1. The lowest BCUT2D eigenvalue weighted by molar-refractivity contribution is 0.244. The van der Waals surface area contributed by atoms with E-state index in [1.165, 1.54) is 16.5 Å². The average Bonchev–Trinajstić information content (AvgIpc) is 2.75. The summed E-state index contributed by atoms with van der Waals surface area (Å²) in [5.41, 5.74) is 3.82. The van der Waals surface area contributed by atoms with Crippen molar-refractivity contribution >= 4 is 22.5 Å². The molecule has 1 aromatic heterocycles. The Bertz CT molecular complexity index is 612. The number of aromatic nitrogens is 1. The van der Waals surface area contributed by atoms with E-state index >= 15 is 0 Å². The van der Waals surface area contributed by atoms with E-state index in [1.807, 2.05) is 0 Å². The first-order chi connectivity index (χ1) is 9.65. The van der Waals surface area contributed by atoms with Crippen LogP contribution in [0, 0.1) is 6.92 Å². The third-order valence-corrected chi connectivity index (χ3v) is 4.67. The molecular weight excluding hydrogens is 270 g/mol. The van der Waals surface area contributed by atoms with Gasteiger partial charge < -0.3 is 14.8 Å². The Morgan fingerprint density at radius 1 is 1.25 bits per heavy atom. The monoisotopic (exact) mass is 291 g/mol. The average molecular weight is 292 g/mol. The molecule has 0 amide bonds. The molecule has 2 heterocycles. The summed E-state index contributed by atoms with van der Waals surface area (Å²) >= 11 is 6.24. The molecule has 0 unspecified atom stereocenters. The van der Waals surface area contributed by atoms with Gasteiger partial charge in [0.2, 0.25) is 0 Å². The van der Waals surface area contributed by atoms with Gasteiger partial charge in [0, 0.05) is 61.9 Å². The summed E-state index contributed by atoms with van der Waals surface area (Å²) in [7, 11) is 2.10. The predicted molar refractivity (Wildman–Crippen MR) is 85.7 cm³/mol. The van der Waals surface area contributed by atoms with Crippen LogP contribution >= 0.6 is 11.6 Å².